The molecule has 56 heavy (non-hydrogen) atoms. The summed E-state index contributed by atoms with van der Waals surface area (Å²) in [4.78, 5) is 4.95. The number of aryl methyl sites for hydroxylation is 6. The number of hydrogen-bond donors (Lipinski definition) is 0. The van der Waals surface area contributed by atoms with Crippen molar-refractivity contribution < 1.29 is 0 Å². The van der Waals surface area contributed by atoms with Crippen LogP contribution in [0, 0.1) is 0 Å². The lowest BCUT2D eigenvalue weighted by Gasteiger charge is -2.27. The van der Waals surface area contributed by atoms with Gasteiger partial charge in [-0.25, -0.2) is 0 Å². The van der Waals surface area contributed by atoms with E-state index >= 15 is 0 Å². The molecule has 12 rings (SSSR count). The fraction of sp³-hybridized carbons (Fsp3) is 0.115. The van der Waals surface area contributed by atoms with E-state index in [4.69, 9.17) is 0 Å². The molecule has 0 amide bonds. The third-order valence-corrected chi connectivity index (χ3v) is 12.9. The summed E-state index contributed by atoms with van der Waals surface area (Å²) < 4.78 is 4.78. The predicted octanol–water partition coefficient (Wildman–Crippen LogP) is 13.3. The zero-order valence-corrected chi connectivity index (χ0v) is 31.6. The quantitative estimate of drug-likeness (QED) is 0.177. The molecule has 2 aliphatic rings. The number of aromatic nitrogens is 2. The van der Waals surface area contributed by atoms with Crippen LogP contribution in [0.4, 0.5) is 34.1 Å². The van der Waals surface area contributed by atoms with Crippen LogP contribution in [0.5, 0.6) is 0 Å². The molecule has 0 aliphatic carbocycles. The van der Waals surface area contributed by atoms with Crippen LogP contribution in [0.25, 0.3) is 54.4 Å². The SMILES string of the molecule is Cn1c2cc(N3c4ccccc4CCc4ccccc43)ccc2c2c3ccc4c(c3ccc21)c1ccc(N2c3ccccc3CCc3ccccc32)cc1n4C. The van der Waals surface area contributed by atoms with Crippen molar-refractivity contribution in [1.29, 1.82) is 0 Å². The van der Waals surface area contributed by atoms with Crippen LogP contribution in [-0.4, -0.2) is 9.13 Å². The highest BCUT2D eigenvalue weighted by molar-refractivity contribution is 6.29. The highest BCUT2D eigenvalue weighted by Gasteiger charge is 2.25. The zero-order chi connectivity index (χ0) is 37.1. The lowest BCUT2D eigenvalue weighted by atomic mass is 9.99. The molecule has 0 bridgehead atoms. The Morgan fingerprint density at radius 3 is 1.00 bits per heavy atom. The van der Waals surface area contributed by atoms with Gasteiger partial charge in [-0.2, -0.15) is 0 Å². The van der Waals surface area contributed by atoms with E-state index in [9.17, 15) is 0 Å². The molecular weight excluding hydrogens is 681 g/mol. The average molecular weight is 721 g/mol. The molecular formula is C52H40N4. The second-order valence-corrected chi connectivity index (χ2v) is 15.7. The van der Waals surface area contributed by atoms with E-state index in [1.165, 1.54) is 111 Å². The van der Waals surface area contributed by atoms with Gasteiger partial charge in [-0.1, -0.05) is 97.1 Å². The van der Waals surface area contributed by atoms with Crippen molar-refractivity contribution in [2.24, 2.45) is 14.1 Å². The van der Waals surface area contributed by atoms with E-state index in [0.717, 1.165) is 25.7 Å². The van der Waals surface area contributed by atoms with Gasteiger partial charge in [0.1, 0.15) is 0 Å². The molecule has 268 valence electrons. The Balaban J connectivity index is 1.05. The molecule has 0 fully saturated rings. The molecule has 10 aromatic rings. The third kappa shape index (κ3) is 4.41. The van der Waals surface area contributed by atoms with Crippen molar-refractivity contribution in [3.8, 4) is 0 Å². The topological polar surface area (TPSA) is 16.3 Å². The summed E-state index contributed by atoms with van der Waals surface area (Å²) in [5.74, 6) is 0. The molecule has 2 aromatic heterocycles. The Morgan fingerprint density at radius 1 is 0.321 bits per heavy atom. The second kappa shape index (κ2) is 11.9. The first kappa shape index (κ1) is 31.6. The number of rotatable bonds is 2. The summed E-state index contributed by atoms with van der Waals surface area (Å²) in [5.41, 5.74) is 18.0. The Morgan fingerprint density at radius 2 is 0.643 bits per heavy atom. The number of fused-ring (bicyclic) bond motifs is 13. The summed E-state index contributed by atoms with van der Waals surface area (Å²) in [6, 6.07) is 59.2. The Hall–Kier alpha value is -6.78. The van der Waals surface area contributed by atoms with Gasteiger partial charge in [0.15, 0.2) is 0 Å². The number of benzene rings is 8. The maximum absolute atomic E-state index is 2.48. The second-order valence-electron chi connectivity index (χ2n) is 15.7. The minimum absolute atomic E-state index is 1.04. The smallest absolute Gasteiger partial charge is 0.0509 e. The minimum Gasteiger partial charge on any atom is -0.344 e. The molecule has 4 heteroatoms. The molecule has 0 saturated carbocycles. The maximum atomic E-state index is 2.48. The monoisotopic (exact) mass is 720 g/mol. The maximum Gasteiger partial charge on any atom is 0.0509 e. The molecule has 4 nitrogen and oxygen atoms in total. The van der Waals surface area contributed by atoms with E-state index in [2.05, 4.69) is 191 Å². The van der Waals surface area contributed by atoms with Crippen LogP contribution in [-0.2, 0) is 39.8 Å². The summed E-state index contributed by atoms with van der Waals surface area (Å²) in [5, 5.41) is 7.80. The minimum atomic E-state index is 1.04. The van der Waals surface area contributed by atoms with Gasteiger partial charge in [-0.15, -0.1) is 0 Å². The molecule has 8 aromatic carbocycles. The van der Waals surface area contributed by atoms with E-state index in [1.54, 1.807) is 0 Å². The molecule has 0 unspecified atom stereocenters. The van der Waals surface area contributed by atoms with Gasteiger partial charge in [-0.3, -0.25) is 0 Å². The van der Waals surface area contributed by atoms with Crippen molar-refractivity contribution in [2.75, 3.05) is 9.80 Å². The summed E-state index contributed by atoms with van der Waals surface area (Å²) >= 11 is 0. The fourth-order valence-electron chi connectivity index (χ4n) is 10.2. The number of hydrogen-bond acceptors (Lipinski definition) is 2. The van der Waals surface area contributed by atoms with Crippen molar-refractivity contribution in [3.63, 3.8) is 0 Å². The van der Waals surface area contributed by atoms with Crippen LogP contribution in [0.3, 0.4) is 0 Å². The molecule has 0 spiro atoms. The highest BCUT2D eigenvalue weighted by atomic mass is 15.2. The van der Waals surface area contributed by atoms with Gasteiger partial charge < -0.3 is 18.9 Å². The van der Waals surface area contributed by atoms with E-state index in [1.807, 2.05) is 0 Å². The summed E-state index contributed by atoms with van der Waals surface area (Å²) in [6.07, 6.45) is 4.15. The Labute approximate surface area is 326 Å². The van der Waals surface area contributed by atoms with Crippen LogP contribution < -0.4 is 9.80 Å². The summed E-state index contributed by atoms with van der Waals surface area (Å²) in [7, 11) is 4.45. The molecule has 0 saturated heterocycles. The highest BCUT2D eigenvalue weighted by Crippen LogP contribution is 2.47. The summed E-state index contributed by atoms with van der Waals surface area (Å²) in [6.45, 7) is 0. The molecule has 4 heterocycles. The van der Waals surface area contributed by atoms with Gasteiger partial charge in [0.25, 0.3) is 0 Å². The Bertz CT molecular complexity index is 2940. The third-order valence-electron chi connectivity index (χ3n) is 12.9. The lowest BCUT2D eigenvalue weighted by molar-refractivity contribution is 0.977. The van der Waals surface area contributed by atoms with Gasteiger partial charge in [0.05, 0.1) is 11.0 Å². The van der Waals surface area contributed by atoms with Crippen LogP contribution in [0.1, 0.15) is 22.3 Å². The van der Waals surface area contributed by atoms with Crippen molar-refractivity contribution in [2.45, 2.75) is 25.7 Å². The van der Waals surface area contributed by atoms with Crippen molar-refractivity contribution >= 4 is 88.5 Å². The number of nitrogens with zero attached hydrogens (tertiary/aromatic N) is 4. The van der Waals surface area contributed by atoms with Gasteiger partial charge in [-0.05, 0) is 119 Å². The van der Waals surface area contributed by atoms with Gasteiger partial charge in [0.2, 0.25) is 0 Å². The van der Waals surface area contributed by atoms with E-state index in [0.29, 0.717) is 0 Å². The van der Waals surface area contributed by atoms with E-state index in [-0.39, 0.29) is 0 Å². The van der Waals surface area contributed by atoms with E-state index < -0.39 is 0 Å². The molecule has 0 N–H and O–H groups in total. The zero-order valence-electron chi connectivity index (χ0n) is 31.6. The van der Waals surface area contributed by atoms with Crippen LogP contribution >= 0.6 is 0 Å². The number of anilines is 6. The van der Waals surface area contributed by atoms with Crippen LogP contribution in [0.2, 0.25) is 0 Å². The molecule has 2 aliphatic heterocycles. The van der Waals surface area contributed by atoms with Crippen LogP contribution in [0.15, 0.2) is 158 Å². The van der Waals surface area contributed by atoms with Gasteiger partial charge in [0, 0.05) is 80.8 Å². The Kier molecular flexibility index (Phi) is 6.68. The number of para-hydroxylation sites is 4. The van der Waals surface area contributed by atoms with Crippen molar-refractivity contribution in [3.05, 3.63) is 180 Å². The van der Waals surface area contributed by atoms with Crippen molar-refractivity contribution in [1.82, 2.24) is 9.13 Å². The lowest BCUT2D eigenvalue weighted by Crippen LogP contribution is -2.11. The first-order chi connectivity index (χ1) is 27.6. The predicted molar refractivity (Wildman–Crippen MR) is 236 cm³/mol. The molecule has 0 radical (unpaired) electrons. The average Bonchev–Trinajstić information content (AvgIpc) is 3.53. The fourth-order valence-corrected chi connectivity index (χ4v) is 10.2. The first-order valence-electron chi connectivity index (χ1n) is 19.9. The normalized spacial score (nSPS) is 13.9. The van der Waals surface area contributed by atoms with Gasteiger partial charge >= 0.3 is 0 Å². The largest absolute Gasteiger partial charge is 0.344 e. The standard InChI is InChI=1S/C52H40N4/c1-53-47-29-27-40-39(51(47)41-25-23-37(31-49(41)53)55-43-15-7-3-11-33(43)19-20-34-12-4-8-16-44(34)55)28-30-48-52(40)42-26-24-38(32-50(42)54(48)2)56-45-17-9-5-13-35(45)21-22-36-14-6-10-18-46(36)56/h3-18,23-32H,19-22H2,1-2H3. The molecule has 0 atom stereocenters. The first-order valence-corrected chi connectivity index (χ1v) is 19.9.